The molecule has 1 N–H and O–H groups in total. The van der Waals surface area contributed by atoms with Crippen molar-refractivity contribution in [1.82, 2.24) is 10.6 Å². The van der Waals surface area contributed by atoms with Gasteiger partial charge in [0, 0.05) is 19.5 Å². The summed E-state index contributed by atoms with van der Waals surface area (Å²) in [6.07, 6.45) is 1.92. The number of carbonyl (C=O) groups is 1. The van der Waals surface area contributed by atoms with Crippen molar-refractivity contribution in [2.24, 2.45) is 0 Å². The van der Waals surface area contributed by atoms with Gasteiger partial charge in [0.25, 0.3) is 0 Å². The van der Waals surface area contributed by atoms with E-state index in [1.54, 1.807) is 5.01 Å². The number of nitrogens with zero attached hydrogens (tertiary/aromatic N) is 1. The molecule has 8 heteroatoms. The summed E-state index contributed by atoms with van der Waals surface area (Å²) in [6, 6.07) is 0. The fraction of sp³-hybridized carbons (Fsp3) is 0.667. The van der Waals surface area contributed by atoms with Crippen molar-refractivity contribution in [3.8, 4) is 0 Å². The molecule has 0 atom stereocenters. The molecule has 7 nitrogen and oxygen atoms in total. The molecule has 96 valence electrons. The topological polar surface area (TPSA) is 84.9 Å². The van der Waals surface area contributed by atoms with Crippen LogP contribution < -0.4 is 5.59 Å². The largest absolute Gasteiger partial charge is 0.500 e. The third-order valence-electron chi connectivity index (χ3n) is 2.59. The van der Waals surface area contributed by atoms with Crippen molar-refractivity contribution in [3.63, 3.8) is 0 Å². The monoisotopic (exact) mass is 262 g/mol. The first-order chi connectivity index (χ1) is 8.07. The lowest BCUT2D eigenvalue weighted by Crippen LogP contribution is -2.48. The van der Waals surface area contributed by atoms with Gasteiger partial charge in [-0.3, -0.25) is 0 Å². The Balaban J connectivity index is 1.74. The summed E-state index contributed by atoms with van der Waals surface area (Å²) < 4.78 is 27.2. The first kappa shape index (κ1) is 12.3. The number of carbonyl (C=O) groups excluding carboxylic acids is 1. The lowest BCUT2D eigenvalue weighted by Gasteiger charge is -2.25. The highest BCUT2D eigenvalue weighted by molar-refractivity contribution is 7.91. The molecule has 2 rings (SSSR count). The molecule has 0 unspecified atom stereocenters. The molecule has 0 aromatic carbocycles. The van der Waals surface area contributed by atoms with E-state index in [-0.39, 0.29) is 11.5 Å². The smallest absolute Gasteiger partial charge is 0.357 e. The highest BCUT2D eigenvalue weighted by atomic mass is 32.2. The van der Waals surface area contributed by atoms with Gasteiger partial charge >= 0.3 is 5.97 Å². The molecule has 1 fully saturated rings. The standard InChI is InChI=1S/C9H14N2O5S/c12-9(8-1-4-15-7-8)16-10-11-2-5-17(13,14)6-3-11/h7,10H,1-6H2. The van der Waals surface area contributed by atoms with E-state index in [1.807, 2.05) is 0 Å². The zero-order valence-electron chi connectivity index (χ0n) is 9.22. The van der Waals surface area contributed by atoms with Crippen LogP contribution in [0.3, 0.4) is 0 Å². The summed E-state index contributed by atoms with van der Waals surface area (Å²) in [7, 11) is -2.92. The second-order valence-electron chi connectivity index (χ2n) is 3.88. The van der Waals surface area contributed by atoms with E-state index < -0.39 is 15.8 Å². The predicted octanol–water partition coefficient (Wildman–Crippen LogP) is -1.02. The molecular formula is C9H14N2O5S. The highest BCUT2D eigenvalue weighted by Gasteiger charge is 2.23. The van der Waals surface area contributed by atoms with Gasteiger partial charge in [-0.05, 0) is 0 Å². The molecule has 0 aliphatic carbocycles. The Morgan fingerprint density at radius 2 is 2.12 bits per heavy atom. The Morgan fingerprint density at radius 1 is 1.41 bits per heavy atom. The van der Waals surface area contributed by atoms with Crippen LogP contribution in [0.5, 0.6) is 0 Å². The maximum atomic E-state index is 11.4. The Labute approximate surface area is 99.2 Å². The normalized spacial score (nSPS) is 23.9. The van der Waals surface area contributed by atoms with Gasteiger partial charge in [0.05, 0.1) is 29.9 Å². The summed E-state index contributed by atoms with van der Waals surface area (Å²) >= 11 is 0. The van der Waals surface area contributed by atoms with Crippen LogP contribution in [0.2, 0.25) is 0 Å². The molecule has 0 aromatic rings. The third-order valence-corrected chi connectivity index (χ3v) is 4.20. The Kier molecular flexibility index (Phi) is 3.65. The van der Waals surface area contributed by atoms with Crippen molar-refractivity contribution >= 4 is 15.8 Å². The summed E-state index contributed by atoms with van der Waals surface area (Å²) in [5.74, 6) is -0.344. The van der Waals surface area contributed by atoms with Gasteiger partial charge in [-0.1, -0.05) is 5.59 Å². The zero-order chi connectivity index (χ0) is 12.3. The molecule has 2 aliphatic heterocycles. The maximum Gasteiger partial charge on any atom is 0.357 e. The van der Waals surface area contributed by atoms with Crippen LogP contribution in [-0.2, 0) is 24.2 Å². The average Bonchev–Trinajstić information content (AvgIpc) is 2.80. The predicted molar refractivity (Wildman–Crippen MR) is 58.1 cm³/mol. The maximum absolute atomic E-state index is 11.4. The van der Waals surface area contributed by atoms with Gasteiger partial charge in [-0.25, -0.2) is 18.2 Å². The van der Waals surface area contributed by atoms with Crippen LogP contribution in [0.15, 0.2) is 11.8 Å². The van der Waals surface area contributed by atoms with E-state index in [2.05, 4.69) is 5.59 Å². The molecule has 2 aliphatic rings. The summed E-state index contributed by atoms with van der Waals surface area (Å²) in [5.41, 5.74) is 2.93. The zero-order valence-corrected chi connectivity index (χ0v) is 10.0. The van der Waals surface area contributed by atoms with Crippen LogP contribution in [0.4, 0.5) is 0 Å². The molecule has 0 amide bonds. The lowest BCUT2D eigenvalue weighted by atomic mass is 10.2. The van der Waals surface area contributed by atoms with E-state index in [9.17, 15) is 13.2 Å². The molecular weight excluding hydrogens is 248 g/mol. The van der Waals surface area contributed by atoms with Crippen molar-refractivity contribution < 1.29 is 22.8 Å². The molecule has 0 radical (unpaired) electrons. The second kappa shape index (κ2) is 5.03. The van der Waals surface area contributed by atoms with E-state index in [1.165, 1.54) is 6.26 Å². The SMILES string of the molecule is O=C(ONN1CCS(=O)(=O)CC1)C1=COCC1. The van der Waals surface area contributed by atoms with Crippen LogP contribution >= 0.6 is 0 Å². The van der Waals surface area contributed by atoms with Gasteiger partial charge in [-0.15, -0.1) is 0 Å². The second-order valence-corrected chi connectivity index (χ2v) is 6.19. The van der Waals surface area contributed by atoms with Crippen molar-refractivity contribution in [2.75, 3.05) is 31.2 Å². The van der Waals surface area contributed by atoms with E-state index >= 15 is 0 Å². The summed E-state index contributed by atoms with van der Waals surface area (Å²) in [5, 5.41) is 1.56. The minimum atomic E-state index is -2.92. The van der Waals surface area contributed by atoms with Crippen LogP contribution in [0.1, 0.15) is 6.42 Å². The first-order valence-corrected chi connectivity index (χ1v) is 7.12. The van der Waals surface area contributed by atoms with Gasteiger partial charge in [0.2, 0.25) is 0 Å². The number of hydrazine groups is 1. The molecule has 2 heterocycles. The average molecular weight is 262 g/mol. The Bertz CT molecular complexity index is 417. The summed E-state index contributed by atoms with van der Waals surface area (Å²) in [4.78, 5) is 16.3. The third kappa shape index (κ3) is 3.42. The number of ether oxygens (including phenoxy) is 1. The van der Waals surface area contributed by atoms with Crippen LogP contribution in [0.25, 0.3) is 0 Å². The van der Waals surface area contributed by atoms with E-state index in [0.717, 1.165) is 0 Å². The number of sulfone groups is 1. The Morgan fingerprint density at radius 3 is 2.71 bits per heavy atom. The molecule has 1 saturated heterocycles. The highest BCUT2D eigenvalue weighted by Crippen LogP contribution is 2.11. The minimum absolute atomic E-state index is 0.0728. The first-order valence-electron chi connectivity index (χ1n) is 5.30. The number of rotatable bonds is 3. The molecule has 17 heavy (non-hydrogen) atoms. The van der Waals surface area contributed by atoms with E-state index in [4.69, 9.17) is 9.57 Å². The van der Waals surface area contributed by atoms with Gasteiger partial charge in [-0.2, -0.15) is 0 Å². The van der Waals surface area contributed by atoms with Gasteiger partial charge < -0.3 is 9.57 Å². The number of hydrogen-bond donors (Lipinski definition) is 1. The van der Waals surface area contributed by atoms with E-state index in [0.29, 0.717) is 31.7 Å². The minimum Gasteiger partial charge on any atom is -0.500 e. The molecule has 0 spiro atoms. The fourth-order valence-electron chi connectivity index (χ4n) is 1.51. The fourth-order valence-corrected chi connectivity index (χ4v) is 2.71. The van der Waals surface area contributed by atoms with Crippen molar-refractivity contribution in [2.45, 2.75) is 6.42 Å². The van der Waals surface area contributed by atoms with Crippen LogP contribution in [-0.4, -0.2) is 50.6 Å². The summed E-state index contributed by atoms with van der Waals surface area (Å²) in [6.45, 7) is 1.11. The molecule has 0 bridgehead atoms. The number of nitrogens with one attached hydrogen (secondary N) is 1. The quantitative estimate of drug-likeness (QED) is 0.652. The lowest BCUT2D eigenvalue weighted by molar-refractivity contribution is -0.159. The van der Waals surface area contributed by atoms with Crippen molar-refractivity contribution in [3.05, 3.63) is 11.8 Å². The van der Waals surface area contributed by atoms with Gasteiger partial charge in [0.1, 0.15) is 0 Å². The number of hydrogen-bond acceptors (Lipinski definition) is 7. The van der Waals surface area contributed by atoms with Gasteiger partial charge in [0.15, 0.2) is 9.84 Å². The Hall–Kier alpha value is -1.12. The van der Waals surface area contributed by atoms with Crippen LogP contribution in [0, 0.1) is 0 Å². The molecule has 0 saturated carbocycles. The van der Waals surface area contributed by atoms with Crippen molar-refractivity contribution in [1.29, 1.82) is 0 Å². The molecule has 0 aromatic heterocycles.